The predicted molar refractivity (Wildman–Crippen MR) is 42.7 cm³/mol. The van der Waals surface area contributed by atoms with Crippen LogP contribution >= 0.6 is 0 Å². The third-order valence-electron chi connectivity index (χ3n) is 2.30. The van der Waals surface area contributed by atoms with Crippen molar-refractivity contribution in [2.24, 2.45) is 5.92 Å². The zero-order chi connectivity index (χ0) is 7.40. The van der Waals surface area contributed by atoms with Crippen molar-refractivity contribution in [2.75, 3.05) is 0 Å². The highest BCUT2D eigenvalue weighted by Crippen LogP contribution is 2.26. The van der Waals surface area contributed by atoms with Gasteiger partial charge in [0.05, 0.1) is 6.26 Å². The summed E-state index contributed by atoms with van der Waals surface area (Å²) in [6.45, 7) is 5.82. The SMILES string of the molecule is C=COC1CCCCC1C. The van der Waals surface area contributed by atoms with Gasteiger partial charge in [0.2, 0.25) is 0 Å². The van der Waals surface area contributed by atoms with Crippen LogP contribution in [-0.2, 0) is 4.74 Å². The fourth-order valence-corrected chi connectivity index (χ4v) is 1.61. The lowest BCUT2D eigenvalue weighted by Crippen LogP contribution is -2.23. The first kappa shape index (κ1) is 7.64. The monoisotopic (exact) mass is 140 g/mol. The van der Waals surface area contributed by atoms with Crippen molar-refractivity contribution in [3.63, 3.8) is 0 Å². The highest BCUT2D eigenvalue weighted by atomic mass is 16.5. The standard InChI is InChI=1S/C9H16O/c1-3-10-9-7-5-4-6-8(9)2/h3,8-9H,1,4-7H2,2H3. The minimum Gasteiger partial charge on any atom is -0.498 e. The van der Waals surface area contributed by atoms with Crippen LogP contribution in [0.3, 0.4) is 0 Å². The van der Waals surface area contributed by atoms with Crippen LogP contribution in [0.5, 0.6) is 0 Å². The van der Waals surface area contributed by atoms with Gasteiger partial charge in [-0.2, -0.15) is 0 Å². The second-order valence-electron chi connectivity index (χ2n) is 3.10. The summed E-state index contributed by atoms with van der Waals surface area (Å²) < 4.78 is 5.36. The molecule has 1 nitrogen and oxygen atoms in total. The van der Waals surface area contributed by atoms with Crippen LogP contribution in [0.25, 0.3) is 0 Å². The molecule has 0 aliphatic heterocycles. The largest absolute Gasteiger partial charge is 0.498 e. The molecule has 1 heteroatoms. The first-order valence-electron chi connectivity index (χ1n) is 4.11. The van der Waals surface area contributed by atoms with Crippen molar-refractivity contribution >= 4 is 0 Å². The van der Waals surface area contributed by atoms with Crippen LogP contribution in [0.2, 0.25) is 0 Å². The van der Waals surface area contributed by atoms with Crippen LogP contribution in [0.15, 0.2) is 12.8 Å². The molecule has 1 fully saturated rings. The lowest BCUT2D eigenvalue weighted by molar-refractivity contribution is 0.0614. The maximum Gasteiger partial charge on any atom is 0.100 e. The molecule has 1 aliphatic rings. The van der Waals surface area contributed by atoms with E-state index in [1.807, 2.05) is 0 Å². The Hall–Kier alpha value is -0.460. The second kappa shape index (κ2) is 3.65. The van der Waals surface area contributed by atoms with Gasteiger partial charge in [-0.15, -0.1) is 0 Å². The Morgan fingerprint density at radius 2 is 2.10 bits per heavy atom. The van der Waals surface area contributed by atoms with E-state index in [0.717, 1.165) is 5.92 Å². The molecule has 0 aromatic heterocycles. The minimum absolute atomic E-state index is 0.450. The molecule has 0 radical (unpaired) electrons. The molecule has 0 aromatic rings. The van der Waals surface area contributed by atoms with E-state index in [0.29, 0.717) is 6.10 Å². The van der Waals surface area contributed by atoms with Gasteiger partial charge in [-0.1, -0.05) is 19.9 Å². The van der Waals surface area contributed by atoms with E-state index in [4.69, 9.17) is 4.74 Å². The first-order chi connectivity index (χ1) is 4.84. The van der Waals surface area contributed by atoms with Crippen LogP contribution in [0, 0.1) is 5.92 Å². The fourth-order valence-electron chi connectivity index (χ4n) is 1.61. The molecular formula is C9H16O. The van der Waals surface area contributed by atoms with Gasteiger partial charge in [-0.05, 0) is 25.2 Å². The molecule has 0 saturated heterocycles. The van der Waals surface area contributed by atoms with Gasteiger partial charge in [0.15, 0.2) is 0 Å². The highest BCUT2D eigenvalue weighted by Gasteiger charge is 2.20. The lowest BCUT2D eigenvalue weighted by Gasteiger charge is -2.27. The van der Waals surface area contributed by atoms with Crippen molar-refractivity contribution in [3.05, 3.63) is 12.8 Å². The smallest absolute Gasteiger partial charge is 0.100 e. The van der Waals surface area contributed by atoms with E-state index < -0.39 is 0 Å². The van der Waals surface area contributed by atoms with Crippen molar-refractivity contribution in [1.82, 2.24) is 0 Å². The van der Waals surface area contributed by atoms with Gasteiger partial charge in [0, 0.05) is 0 Å². The fraction of sp³-hybridized carbons (Fsp3) is 0.778. The highest BCUT2D eigenvalue weighted by molar-refractivity contribution is 4.74. The van der Waals surface area contributed by atoms with Gasteiger partial charge in [-0.3, -0.25) is 0 Å². The van der Waals surface area contributed by atoms with E-state index in [1.165, 1.54) is 25.7 Å². The summed E-state index contributed by atoms with van der Waals surface area (Å²) in [5.74, 6) is 0.728. The molecule has 2 atom stereocenters. The summed E-state index contributed by atoms with van der Waals surface area (Å²) in [7, 11) is 0. The molecule has 0 N–H and O–H groups in total. The van der Waals surface area contributed by atoms with Crippen molar-refractivity contribution in [2.45, 2.75) is 38.7 Å². The molecule has 2 unspecified atom stereocenters. The molecule has 1 aliphatic carbocycles. The Morgan fingerprint density at radius 1 is 1.40 bits per heavy atom. The van der Waals surface area contributed by atoms with Gasteiger partial charge >= 0.3 is 0 Å². The summed E-state index contributed by atoms with van der Waals surface area (Å²) in [5.41, 5.74) is 0. The quantitative estimate of drug-likeness (QED) is 0.536. The van der Waals surface area contributed by atoms with Gasteiger partial charge in [0.25, 0.3) is 0 Å². The Balaban J connectivity index is 2.32. The maximum atomic E-state index is 5.36. The van der Waals surface area contributed by atoms with Crippen molar-refractivity contribution < 1.29 is 4.74 Å². The third-order valence-corrected chi connectivity index (χ3v) is 2.30. The Labute approximate surface area is 63.1 Å². The van der Waals surface area contributed by atoms with Crippen LogP contribution in [0.4, 0.5) is 0 Å². The maximum absolute atomic E-state index is 5.36. The molecule has 0 amide bonds. The Morgan fingerprint density at radius 3 is 2.70 bits per heavy atom. The van der Waals surface area contributed by atoms with E-state index in [1.54, 1.807) is 6.26 Å². The normalized spacial score (nSPS) is 33.3. The summed E-state index contributed by atoms with van der Waals surface area (Å²) >= 11 is 0. The zero-order valence-corrected chi connectivity index (χ0v) is 6.68. The molecule has 1 saturated carbocycles. The number of ether oxygens (including phenoxy) is 1. The van der Waals surface area contributed by atoms with Crippen LogP contribution < -0.4 is 0 Å². The molecule has 10 heavy (non-hydrogen) atoms. The predicted octanol–water partition coefficient (Wildman–Crippen LogP) is 2.73. The van der Waals surface area contributed by atoms with E-state index in [2.05, 4.69) is 13.5 Å². The van der Waals surface area contributed by atoms with E-state index >= 15 is 0 Å². The summed E-state index contributed by atoms with van der Waals surface area (Å²) in [4.78, 5) is 0. The Kier molecular flexibility index (Phi) is 2.79. The number of hydrogen-bond acceptors (Lipinski definition) is 1. The lowest BCUT2D eigenvalue weighted by atomic mass is 9.88. The van der Waals surface area contributed by atoms with E-state index in [-0.39, 0.29) is 0 Å². The molecule has 1 rings (SSSR count). The van der Waals surface area contributed by atoms with Gasteiger partial charge in [-0.25, -0.2) is 0 Å². The summed E-state index contributed by atoms with van der Waals surface area (Å²) in [6.07, 6.45) is 7.25. The molecule has 0 bridgehead atoms. The number of hydrogen-bond donors (Lipinski definition) is 0. The van der Waals surface area contributed by atoms with Crippen molar-refractivity contribution in [1.29, 1.82) is 0 Å². The third kappa shape index (κ3) is 1.76. The van der Waals surface area contributed by atoms with Gasteiger partial charge < -0.3 is 4.74 Å². The number of rotatable bonds is 2. The Bertz CT molecular complexity index is 109. The van der Waals surface area contributed by atoms with Crippen molar-refractivity contribution in [3.8, 4) is 0 Å². The van der Waals surface area contributed by atoms with Crippen LogP contribution in [0.1, 0.15) is 32.6 Å². The summed E-state index contributed by atoms with van der Waals surface area (Å²) in [5, 5.41) is 0. The summed E-state index contributed by atoms with van der Waals surface area (Å²) in [6, 6.07) is 0. The van der Waals surface area contributed by atoms with Gasteiger partial charge in [0.1, 0.15) is 6.10 Å². The minimum atomic E-state index is 0.450. The molecule has 0 spiro atoms. The van der Waals surface area contributed by atoms with E-state index in [9.17, 15) is 0 Å². The first-order valence-corrected chi connectivity index (χ1v) is 4.11. The zero-order valence-electron chi connectivity index (χ0n) is 6.68. The van der Waals surface area contributed by atoms with Crippen LogP contribution in [-0.4, -0.2) is 6.10 Å². The topological polar surface area (TPSA) is 9.23 Å². The molecule has 58 valence electrons. The average molecular weight is 140 g/mol. The molecule has 0 heterocycles. The molecule has 0 aromatic carbocycles. The second-order valence-corrected chi connectivity index (χ2v) is 3.10. The average Bonchev–Trinajstić information content (AvgIpc) is 1.94. The molecular weight excluding hydrogens is 124 g/mol.